The number of aliphatic carboxylic acids is 1. The summed E-state index contributed by atoms with van der Waals surface area (Å²) in [6, 6.07) is -0.158. The molecule has 7 nitrogen and oxygen atoms in total. The van der Waals surface area contributed by atoms with Gasteiger partial charge in [-0.2, -0.15) is 0 Å². The first-order valence-electron chi connectivity index (χ1n) is 10.5. The van der Waals surface area contributed by atoms with Gasteiger partial charge in [-0.15, -0.1) is 0 Å². The van der Waals surface area contributed by atoms with Gasteiger partial charge in [-0.1, -0.05) is 12.2 Å². The maximum Gasteiger partial charge on any atom is 0.339 e. The zero-order valence-electron chi connectivity index (χ0n) is 16.4. The first-order chi connectivity index (χ1) is 13.2. The molecule has 6 aliphatic rings. The summed E-state index contributed by atoms with van der Waals surface area (Å²) in [5, 5.41) is 43.9. The Morgan fingerprint density at radius 1 is 1.31 bits per heavy atom. The van der Waals surface area contributed by atoms with Crippen LogP contribution in [-0.2, 0) is 9.53 Å². The molecular weight excluding hydrogens is 442 g/mol. The molecule has 1 spiro atoms. The molecule has 0 amide bonds. The summed E-state index contributed by atoms with van der Waals surface area (Å²) in [5.41, 5.74) is -3.60. The van der Waals surface area contributed by atoms with E-state index in [9.17, 15) is 25.2 Å². The lowest BCUT2D eigenvalue weighted by atomic mass is 9.51. The van der Waals surface area contributed by atoms with Gasteiger partial charge >= 0.3 is 5.97 Å². The van der Waals surface area contributed by atoms with E-state index in [1.54, 1.807) is 6.08 Å². The molecule has 4 N–H and O–H groups in total. The smallest absolute Gasteiger partial charge is 0.339 e. The molecule has 4 aliphatic carbocycles. The van der Waals surface area contributed by atoms with E-state index in [2.05, 4.69) is 7.05 Å². The van der Waals surface area contributed by atoms with Crippen LogP contribution in [0.25, 0.3) is 0 Å². The predicted molar refractivity (Wildman–Crippen MR) is 96.8 cm³/mol. The number of halogens is 1. The van der Waals surface area contributed by atoms with E-state index in [-0.39, 0.29) is 35.4 Å². The summed E-state index contributed by atoms with van der Waals surface area (Å²) in [6.45, 7) is 1.81. The van der Waals surface area contributed by atoms with Crippen LogP contribution < -0.4 is 17.0 Å². The predicted octanol–water partition coefficient (Wildman–Crippen LogP) is -2.84. The van der Waals surface area contributed by atoms with Crippen molar-refractivity contribution in [3.05, 3.63) is 23.5 Å². The van der Waals surface area contributed by atoms with Crippen molar-refractivity contribution in [3.8, 4) is 0 Å². The van der Waals surface area contributed by atoms with Gasteiger partial charge in [-0.05, 0) is 18.4 Å². The van der Waals surface area contributed by atoms with Crippen LogP contribution >= 0.6 is 0 Å². The van der Waals surface area contributed by atoms with Crippen molar-refractivity contribution in [2.24, 2.45) is 17.3 Å². The van der Waals surface area contributed by atoms with E-state index in [1.807, 2.05) is 6.08 Å². The lowest BCUT2D eigenvalue weighted by Crippen LogP contribution is -3.00. The van der Waals surface area contributed by atoms with Crippen LogP contribution in [0.15, 0.2) is 23.5 Å². The molecule has 3 saturated carbocycles. The number of ether oxygens (including phenoxy) is 1. The largest absolute Gasteiger partial charge is 1.00 e. The average molecular weight is 470 g/mol. The van der Waals surface area contributed by atoms with Crippen LogP contribution in [0.5, 0.6) is 0 Å². The number of quaternary nitrogens is 1. The Bertz CT molecular complexity index is 856. The van der Waals surface area contributed by atoms with Gasteiger partial charge in [-0.25, -0.2) is 4.79 Å². The number of aliphatic hydroxyl groups is 3. The molecule has 0 aromatic heterocycles. The number of hydrogen-bond acceptors (Lipinski definition) is 5. The summed E-state index contributed by atoms with van der Waals surface area (Å²) in [7, 11) is 2.19. The number of piperidine rings is 1. The van der Waals surface area contributed by atoms with Gasteiger partial charge in [-0.3, -0.25) is 0 Å². The van der Waals surface area contributed by atoms with Gasteiger partial charge in [0.15, 0.2) is 6.10 Å². The number of likely N-dealkylation sites (N-methyl/N-ethyl adjacent to an activating group) is 1. The Morgan fingerprint density at radius 3 is 2.69 bits per heavy atom. The van der Waals surface area contributed by atoms with Gasteiger partial charge in [0.1, 0.15) is 23.5 Å². The van der Waals surface area contributed by atoms with Crippen molar-refractivity contribution in [1.82, 2.24) is 0 Å². The molecule has 0 radical (unpaired) electrons. The van der Waals surface area contributed by atoms with E-state index >= 15 is 0 Å². The number of likely N-dealkylation sites (tertiary alicyclic amines) is 1. The second-order valence-corrected chi connectivity index (χ2v) is 10.3. The lowest BCUT2D eigenvalue weighted by Gasteiger charge is -2.62. The second kappa shape index (κ2) is 5.65. The third kappa shape index (κ3) is 2.10. The summed E-state index contributed by atoms with van der Waals surface area (Å²) >= 11 is 0. The first-order valence-corrected chi connectivity index (χ1v) is 10.5. The molecule has 160 valence electrons. The minimum absolute atomic E-state index is 0. The van der Waals surface area contributed by atoms with Crippen molar-refractivity contribution < 1.29 is 51.4 Å². The molecule has 0 aromatic rings. The molecule has 2 bridgehead atoms. The highest BCUT2D eigenvalue weighted by molar-refractivity contribution is 5.80. The molecule has 8 heteroatoms. The SMILES string of the molecule is C[N+]1(CC2CC2)CC[C@]23C4=C5O[C@H]2[C@](O)(C(=O)O)C[C@@]3(O)[C@H]1CC4C=CC5O.[Br-]. The quantitative estimate of drug-likeness (QED) is 0.262. The summed E-state index contributed by atoms with van der Waals surface area (Å²) in [5.74, 6) is -0.293. The van der Waals surface area contributed by atoms with Crippen LogP contribution in [-0.4, -0.2) is 80.5 Å². The van der Waals surface area contributed by atoms with Crippen LogP contribution in [0, 0.1) is 17.3 Å². The molecule has 0 aromatic carbocycles. The third-order valence-corrected chi connectivity index (χ3v) is 8.89. The molecule has 8 atom stereocenters. The highest BCUT2D eigenvalue weighted by Crippen LogP contribution is 2.72. The van der Waals surface area contributed by atoms with Crippen molar-refractivity contribution in [1.29, 1.82) is 0 Å². The molecule has 1 saturated heterocycles. The van der Waals surface area contributed by atoms with Gasteiger partial charge < -0.3 is 46.6 Å². The van der Waals surface area contributed by atoms with Crippen LogP contribution in [0.3, 0.4) is 0 Å². The highest BCUT2D eigenvalue weighted by Gasteiger charge is 2.85. The van der Waals surface area contributed by atoms with Crippen molar-refractivity contribution in [2.45, 2.75) is 61.6 Å². The molecule has 3 unspecified atom stereocenters. The standard InChI is InChI=1S/C21H27NO6.BrH/c1-22(9-11-2-3-11)7-6-19-15-12-4-5-13(23)16(15)28-17(19)20(26,18(24)25)10-21(19,27)14(22)8-12;/h4-5,11-14,17,23,26-27H,2-3,6-10H2,1H3;1H/t12?,13?,14-,17-,19+,20+,21-,22?;/m1./s1. The Hall–Kier alpha value is -0.930. The molecule has 4 fully saturated rings. The minimum Gasteiger partial charge on any atom is -1.00 e. The molecule has 6 rings (SSSR count). The monoisotopic (exact) mass is 469 g/mol. The Labute approximate surface area is 180 Å². The molecule has 2 heterocycles. The van der Waals surface area contributed by atoms with Crippen LogP contribution in [0.1, 0.15) is 32.1 Å². The van der Waals surface area contributed by atoms with E-state index < -0.39 is 34.8 Å². The van der Waals surface area contributed by atoms with Crippen molar-refractivity contribution in [3.63, 3.8) is 0 Å². The van der Waals surface area contributed by atoms with Gasteiger partial charge in [0, 0.05) is 31.1 Å². The first kappa shape index (κ1) is 20.0. The zero-order chi connectivity index (χ0) is 19.7. The van der Waals surface area contributed by atoms with Crippen LogP contribution in [0.4, 0.5) is 0 Å². The third-order valence-electron chi connectivity index (χ3n) is 8.89. The fourth-order valence-corrected chi connectivity index (χ4v) is 7.63. The Morgan fingerprint density at radius 2 is 2.03 bits per heavy atom. The van der Waals surface area contributed by atoms with E-state index in [4.69, 9.17) is 4.74 Å². The van der Waals surface area contributed by atoms with Gasteiger partial charge in [0.2, 0.25) is 5.60 Å². The Kier molecular flexibility index (Phi) is 3.90. The fourth-order valence-electron chi connectivity index (χ4n) is 7.63. The number of aliphatic hydroxyl groups excluding tert-OH is 1. The second-order valence-electron chi connectivity index (χ2n) is 10.3. The Balaban J connectivity index is 0.00000181. The number of carbonyl (C=O) groups is 1. The summed E-state index contributed by atoms with van der Waals surface area (Å²) in [6.07, 6.45) is 5.18. The number of carboxylic acids is 1. The highest BCUT2D eigenvalue weighted by atomic mass is 79.9. The van der Waals surface area contributed by atoms with Gasteiger partial charge in [0.25, 0.3) is 0 Å². The number of hydrogen-bond donors (Lipinski definition) is 4. The molecular formula is C21H28BrNO6. The average Bonchev–Trinajstić information content (AvgIpc) is 3.29. The molecule has 29 heavy (non-hydrogen) atoms. The number of rotatable bonds is 3. The van der Waals surface area contributed by atoms with Crippen molar-refractivity contribution in [2.75, 3.05) is 20.1 Å². The number of allylic oxidation sites excluding steroid dienone is 1. The lowest BCUT2D eigenvalue weighted by molar-refractivity contribution is -0.952. The number of carboxylic acid groups (broad SMARTS) is 1. The van der Waals surface area contributed by atoms with E-state index in [0.29, 0.717) is 24.5 Å². The summed E-state index contributed by atoms with van der Waals surface area (Å²) in [4.78, 5) is 12.2. The topological polar surface area (TPSA) is 107 Å². The molecule has 2 aliphatic heterocycles. The van der Waals surface area contributed by atoms with E-state index in [1.165, 1.54) is 12.8 Å². The maximum atomic E-state index is 12.2. The fraction of sp³-hybridized carbons (Fsp3) is 0.762. The minimum atomic E-state index is -2.16. The van der Waals surface area contributed by atoms with Gasteiger partial charge in [0.05, 0.1) is 25.6 Å². The summed E-state index contributed by atoms with van der Waals surface area (Å²) < 4.78 is 6.77. The van der Waals surface area contributed by atoms with E-state index in [0.717, 1.165) is 23.1 Å². The van der Waals surface area contributed by atoms with Crippen molar-refractivity contribution >= 4 is 5.97 Å². The zero-order valence-corrected chi connectivity index (χ0v) is 18.0. The number of nitrogens with zero attached hydrogens (tertiary/aromatic N) is 1. The normalized spacial score (nSPS) is 53.9. The van der Waals surface area contributed by atoms with Crippen LogP contribution in [0.2, 0.25) is 0 Å². The maximum absolute atomic E-state index is 12.2.